The maximum Gasteiger partial charge on any atom is 0.313 e. The van der Waals surface area contributed by atoms with Crippen LogP contribution in [0.5, 0.6) is 0 Å². The van der Waals surface area contributed by atoms with Crippen molar-refractivity contribution in [2.75, 3.05) is 7.11 Å². The number of nitrogens with two attached hydrogens (primary N) is 1. The molecule has 1 rings (SSSR count). The zero-order valence-electron chi connectivity index (χ0n) is 7.12. The van der Waals surface area contributed by atoms with Crippen LogP contribution in [0, 0.1) is 5.92 Å². The lowest BCUT2D eigenvalue weighted by atomic mass is 9.95. The van der Waals surface area contributed by atoms with Crippen LogP contribution in [0.4, 0.5) is 0 Å². The Morgan fingerprint density at radius 3 is 2.85 bits per heavy atom. The quantitative estimate of drug-likeness (QED) is 0.434. The molecule has 1 saturated heterocycles. The summed E-state index contributed by atoms with van der Waals surface area (Å²) in [6, 6.07) is 0. The SMILES string of the molecule is COC(=O)C1C(Cl)CC(=O)NC1N. The van der Waals surface area contributed by atoms with Gasteiger partial charge in [0.2, 0.25) is 5.91 Å². The average molecular weight is 207 g/mol. The lowest BCUT2D eigenvalue weighted by molar-refractivity contribution is -0.148. The number of methoxy groups -OCH3 is 1. The molecule has 5 nitrogen and oxygen atoms in total. The number of alkyl halides is 1. The molecule has 13 heavy (non-hydrogen) atoms. The molecule has 3 atom stereocenters. The molecule has 0 spiro atoms. The van der Waals surface area contributed by atoms with E-state index in [1.807, 2.05) is 0 Å². The van der Waals surface area contributed by atoms with Crippen molar-refractivity contribution in [3.63, 3.8) is 0 Å². The van der Waals surface area contributed by atoms with Crippen molar-refractivity contribution in [1.29, 1.82) is 0 Å². The number of halogens is 1. The smallest absolute Gasteiger partial charge is 0.313 e. The number of esters is 1. The molecule has 0 radical (unpaired) electrons. The van der Waals surface area contributed by atoms with Crippen LogP contribution >= 0.6 is 11.6 Å². The summed E-state index contributed by atoms with van der Waals surface area (Å²) in [5.74, 6) is -1.40. The summed E-state index contributed by atoms with van der Waals surface area (Å²) < 4.78 is 4.51. The van der Waals surface area contributed by atoms with Crippen LogP contribution in [-0.2, 0) is 14.3 Å². The molecule has 0 aromatic heterocycles. The number of amides is 1. The van der Waals surface area contributed by atoms with E-state index in [2.05, 4.69) is 10.1 Å². The Morgan fingerprint density at radius 1 is 1.77 bits per heavy atom. The fraction of sp³-hybridized carbons (Fsp3) is 0.714. The van der Waals surface area contributed by atoms with Gasteiger partial charge in [-0.2, -0.15) is 0 Å². The summed E-state index contributed by atoms with van der Waals surface area (Å²) in [7, 11) is 1.26. The van der Waals surface area contributed by atoms with Crippen molar-refractivity contribution < 1.29 is 14.3 Å². The molecule has 1 aliphatic heterocycles. The van der Waals surface area contributed by atoms with Gasteiger partial charge in [0.1, 0.15) is 5.92 Å². The maximum absolute atomic E-state index is 11.2. The highest BCUT2D eigenvalue weighted by atomic mass is 35.5. The van der Waals surface area contributed by atoms with Crippen LogP contribution in [0.25, 0.3) is 0 Å². The Labute approximate surface area is 80.6 Å². The van der Waals surface area contributed by atoms with Gasteiger partial charge in [-0.1, -0.05) is 0 Å². The average Bonchev–Trinajstić information content (AvgIpc) is 2.02. The van der Waals surface area contributed by atoms with Crippen molar-refractivity contribution >= 4 is 23.5 Å². The molecule has 0 aromatic carbocycles. The number of ether oxygens (including phenoxy) is 1. The van der Waals surface area contributed by atoms with E-state index in [0.717, 1.165) is 0 Å². The van der Waals surface area contributed by atoms with Crippen LogP contribution in [0.2, 0.25) is 0 Å². The van der Waals surface area contributed by atoms with Crippen molar-refractivity contribution in [3.8, 4) is 0 Å². The lowest BCUT2D eigenvalue weighted by Crippen LogP contribution is -2.57. The molecule has 0 aromatic rings. The maximum atomic E-state index is 11.2. The van der Waals surface area contributed by atoms with Crippen LogP contribution in [-0.4, -0.2) is 30.5 Å². The van der Waals surface area contributed by atoms with Gasteiger partial charge in [-0.15, -0.1) is 11.6 Å². The second kappa shape index (κ2) is 3.93. The second-order valence-corrected chi connectivity index (χ2v) is 3.42. The van der Waals surface area contributed by atoms with Crippen LogP contribution < -0.4 is 11.1 Å². The minimum absolute atomic E-state index is 0.0923. The zero-order valence-corrected chi connectivity index (χ0v) is 7.88. The van der Waals surface area contributed by atoms with Crippen LogP contribution in [0.1, 0.15) is 6.42 Å². The number of hydrogen-bond donors (Lipinski definition) is 2. The first-order valence-electron chi connectivity index (χ1n) is 3.83. The van der Waals surface area contributed by atoms with Gasteiger partial charge in [0.05, 0.1) is 18.7 Å². The molecule has 1 amide bonds. The molecule has 1 heterocycles. The molecule has 3 unspecified atom stereocenters. The van der Waals surface area contributed by atoms with Gasteiger partial charge in [0.15, 0.2) is 0 Å². The van der Waals surface area contributed by atoms with E-state index >= 15 is 0 Å². The van der Waals surface area contributed by atoms with Gasteiger partial charge in [0.25, 0.3) is 0 Å². The zero-order chi connectivity index (χ0) is 10.0. The highest BCUT2D eigenvalue weighted by molar-refractivity contribution is 6.23. The summed E-state index contributed by atoms with van der Waals surface area (Å²) in [4.78, 5) is 22.1. The Hall–Kier alpha value is -0.810. The van der Waals surface area contributed by atoms with E-state index in [0.29, 0.717) is 0 Å². The Morgan fingerprint density at radius 2 is 2.38 bits per heavy atom. The van der Waals surface area contributed by atoms with Gasteiger partial charge >= 0.3 is 5.97 Å². The molecule has 3 N–H and O–H groups in total. The first-order chi connectivity index (χ1) is 6.06. The van der Waals surface area contributed by atoms with Gasteiger partial charge in [-0.3, -0.25) is 9.59 Å². The number of carbonyl (C=O) groups is 2. The standard InChI is InChI=1S/C7H11ClN2O3/c1-13-7(12)5-3(8)2-4(11)10-6(5)9/h3,5-6H,2,9H2,1H3,(H,10,11). The number of carbonyl (C=O) groups excluding carboxylic acids is 2. The van der Waals surface area contributed by atoms with E-state index in [1.54, 1.807) is 0 Å². The number of piperidine rings is 1. The third-order valence-corrected chi connectivity index (χ3v) is 2.38. The predicted octanol–water partition coefficient (Wildman–Crippen LogP) is -0.812. The molecule has 1 fully saturated rings. The summed E-state index contributed by atoms with van der Waals surface area (Å²) in [6.07, 6.45) is -0.661. The molecule has 6 heteroatoms. The molecule has 0 saturated carbocycles. The summed E-state index contributed by atoms with van der Waals surface area (Å²) in [6.45, 7) is 0. The molecular weight excluding hydrogens is 196 g/mol. The van der Waals surface area contributed by atoms with Crippen LogP contribution in [0.3, 0.4) is 0 Å². The topological polar surface area (TPSA) is 81.4 Å². The third-order valence-electron chi connectivity index (χ3n) is 1.96. The van der Waals surface area contributed by atoms with Crippen molar-refractivity contribution in [3.05, 3.63) is 0 Å². The van der Waals surface area contributed by atoms with E-state index in [9.17, 15) is 9.59 Å². The van der Waals surface area contributed by atoms with E-state index in [-0.39, 0.29) is 12.3 Å². The summed E-state index contributed by atoms with van der Waals surface area (Å²) in [5.41, 5.74) is 5.52. The van der Waals surface area contributed by atoms with Crippen molar-refractivity contribution in [2.24, 2.45) is 11.7 Å². The van der Waals surface area contributed by atoms with Gasteiger partial charge in [0, 0.05) is 6.42 Å². The van der Waals surface area contributed by atoms with Gasteiger partial charge in [-0.25, -0.2) is 0 Å². The van der Waals surface area contributed by atoms with Crippen molar-refractivity contribution in [1.82, 2.24) is 5.32 Å². The minimum atomic E-state index is -0.754. The van der Waals surface area contributed by atoms with E-state index in [4.69, 9.17) is 17.3 Å². The van der Waals surface area contributed by atoms with Gasteiger partial charge in [-0.05, 0) is 0 Å². The monoisotopic (exact) mass is 206 g/mol. The first kappa shape index (κ1) is 10.3. The minimum Gasteiger partial charge on any atom is -0.469 e. The van der Waals surface area contributed by atoms with E-state index in [1.165, 1.54) is 7.11 Å². The summed E-state index contributed by atoms with van der Waals surface area (Å²) >= 11 is 5.80. The second-order valence-electron chi connectivity index (χ2n) is 2.86. The third kappa shape index (κ3) is 2.10. The number of rotatable bonds is 1. The fourth-order valence-corrected chi connectivity index (χ4v) is 1.69. The van der Waals surface area contributed by atoms with Gasteiger partial charge < -0.3 is 15.8 Å². The predicted molar refractivity (Wildman–Crippen MR) is 45.9 cm³/mol. The van der Waals surface area contributed by atoms with Crippen LogP contribution in [0.15, 0.2) is 0 Å². The highest BCUT2D eigenvalue weighted by Crippen LogP contribution is 2.21. The van der Waals surface area contributed by atoms with E-state index < -0.39 is 23.4 Å². The molecule has 1 aliphatic rings. The largest absolute Gasteiger partial charge is 0.469 e. The molecule has 74 valence electrons. The van der Waals surface area contributed by atoms with Crippen molar-refractivity contribution in [2.45, 2.75) is 18.0 Å². The first-order valence-corrected chi connectivity index (χ1v) is 4.26. The molecular formula is C7H11ClN2O3. The number of hydrogen-bond acceptors (Lipinski definition) is 4. The Kier molecular flexibility index (Phi) is 3.11. The summed E-state index contributed by atoms with van der Waals surface area (Å²) in [5, 5.41) is 1.84. The fourth-order valence-electron chi connectivity index (χ4n) is 1.29. The Balaban J connectivity index is 2.72. The lowest BCUT2D eigenvalue weighted by Gasteiger charge is -2.30. The Bertz CT molecular complexity index is 220. The normalized spacial score (nSPS) is 33.8. The molecule has 0 aliphatic carbocycles. The highest BCUT2D eigenvalue weighted by Gasteiger charge is 2.39. The molecule has 0 bridgehead atoms. The number of nitrogens with one attached hydrogen (secondary N) is 1.